The molecule has 2 aromatic rings. The van der Waals surface area contributed by atoms with Crippen molar-refractivity contribution in [1.29, 1.82) is 0 Å². The quantitative estimate of drug-likeness (QED) is 0.783. The molecule has 2 nitrogen and oxygen atoms in total. The summed E-state index contributed by atoms with van der Waals surface area (Å²) < 4.78 is 7.10. The fourth-order valence-corrected chi connectivity index (χ4v) is 2.37. The first-order valence-electron chi connectivity index (χ1n) is 6.31. The van der Waals surface area contributed by atoms with Gasteiger partial charge in [0.05, 0.1) is 5.69 Å². The summed E-state index contributed by atoms with van der Waals surface area (Å²) in [4.78, 5) is 0. The predicted octanol–water partition coefficient (Wildman–Crippen LogP) is 5.26. The van der Waals surface area contributed by atoms with Crippen molar-refractivity contribution in [2.75, 3.05) is 5.73 Å². The lowest BCUT2D eigenvalue weighted by atomic mass is 10.0. The first-order chi connectivity index (χ1) is 8.99. The Balaban J connectivity index is 2.44. The number of aryl methyl sites for hydroxylation is 1. The summed E-state index contributed by atoms with van der Waals surface area (Å²) in [5.41, 5.74) is 8.86. The molecule has 0 heterocycles. The molecule has 0 aliphatic rings. The third-order valence-electron chi connectivity index (χ3n) is 3.05. The summed E-state index contributed by atoms with van der Waals surface area (Å²) in [5, 5.41) is 0. The maximum absolute atomic E-state index is 6.04. The van der Waals surface area contributed by atoms with Gasteiger partial charge in [-0.2, -0.15) is 0 Å². The monoisotopic (exact) mass is 319 g/mol. The fraction of sp³-hybridized carbons (Fsp3) is 0.250. The highest BCUT2D eigenvalue weighted by atomic mass is 79.9. The average molecular weight is 320 g/mol. The lowest BCUT2D eigenvalue weighted by molar-refractivity contribution is 0.472. The number of anilines is 1. The van der Waals surface area contributed by atoms with Crippen LogP contribution in [0.3, 0.4) is 0 Å². The third kappa shape index (κ3) is 3.10. The van der Waals surface area contributed by atoms with E-state index in [-0.39, 0.29) is 0 Å². The van der Waals surface area contributed by atoms with Crippen molar-refractivity contribution in [3.05, 3.63) is 52.0 Å². The largest absolute Gasteiger partial charge is 0.455 e. The van der Waals surface area contributed by atoms with Crippen molar-refractivity contribution in [3.8, 4) is 11.5 Å². The summed E-state index contributed by atoms with van der Waals surface area (Å²) in [6.45, 7) is 6.30. The SMILES string of the molecule is Cc1cccc(N)c1Oc1ccc(Br)cc1C(C)C. The number of nitrogens with two attached hydrogens (primary N) is 1. The molecule has 0 atom stereocenters. The van der Waals surface area contributed by atoms with E-state index < -0.39 is 0 Å². The van der Waals surface area contributed by atoms with Crippen LogP contribution in [0.2, 0.25) is 0 Å². The molecule has 0 bridgehead atoms. The molecule has 0 spiro atoms. The van der Waals surface area contributed by atoms with Gasteiger partial charge in [0.25, 0.3) is 0 Å². The Hall–Kier alpha value is -1.48. The molecule has 0 aliphatic carbocycles. The number of para-hydroxylation sites is 1. The van der Waals surface area contributed by atoms with Crippen LogP contribution in [0.15, 0.2) is 40.9 Å². The van der Waals surface area contributed by atoms with Crippen LogP contribution < -0.4 is 10.5 Å². The van der Waals surface area contributed by atoms with E-state index in [1.165, 1.54) is 0 Å². The number of hydrogen-bond donors (Lipinski definition) is 1. The van der Waals surface area contributed by atoms with Gasteiger partial charge in [0.1, 0.15) is 5.75 Å². The van der Waals surface area contributed by atoms with Gasteiger partial charge in [-0.05, 0) is 48.2 Å². The molecule has 0 radical (unpaired) electrons. The standard InChI is InChI=1S/C16H18BrNO/c1-10(2)13-9-12(17)7-8-15(13)19-16-11(3)5-4-6-14(16)18/h4-10H,18H2,1-3H3. The van der Waals surface area contributed by atoms with E-state index in [1.807, 2.05) is 37.3 Å². The Morgan fingerprint density at radius 1 is 1.16 bits per heavy atom. The zero-order valence-corrected chi connectivity index (χ0v) is 13.0. The second-order valence-corrected chi connectivity index (χ2v) is 5.85. The smallest absolute Gasteiger partial charge is 0.153 e. The van der Waals surface area contributed by atoms with Gasteiger partial charge >= 0.3 is 0 Å². The van der Waals surface area contributed by atoms with Crippen LogP contribution in [0.1, 0.15) is 30.9 Å². The van der Waals surface area contributed by atoms with Crippen LogP contribution in [0.5, 0.6) is 11.5 Å². The van der Waals surface area contributed by atoms with Gasteiger partial charge in [-0.3, -0.25) is 0 Å². The molecule has 0 aromatic heterocycles. The molecule has 0 amide bonds. The highest BCUT2D eigenvalue weighted by molar-refractivity contribution is 9.10. The van der Waals surface area contributed by atoms with E-state index in [1.54, 1.807) is 0 Å². The second kappa shape index (κ2) is 5.66. The third-order valence-corrected chi connectivity index (χ3v) is 3.54. The van der Waals surface area contributed by atoms with Gasteiger partial charge in [-0.25, -0.2) is 0 Å². The molecule has 0 aliphatic heterocycles. The Labute approximate surface area is 122 Å². The van der Waals surface area contributed by atoms with Gasteiger partial charge < -0.3 is 10.5 Å². The van der Waals surface area contributed by atoms with E-state index >= 15 is 0 Å². The van der Waals surface area contributed by atoms with Crippen LogP contribution in [0, 0.1) is 6.92 Å². The Morgan fingerprint density at radius 2 is 1.89 bits per heavy atom. The van der Waals surface area contributed by atoms with Gasteiger partial charge in [0.15, 0.2) is 5.75 Å². The normalized spacial score (nSPS) is 10.8. The first-order valence-corrected chi connectivity index (χ1v) is 7.10. The van der Waals surface area contributed by atoms with Gasteiger partial charge in [-0.1, -0.05) is 41.9 Å². The molecule has 19 heavy (non-hydrogen) atoms. The minimum absolute atomic E-state index is 0.387. The van der Waals surface area contributed by atoms with Crippen molar-refractivity contribution in [1.82, 2.24) is 0 Å². The summed E-state index contributed by atoms with van der Waals surface area (Å²) in [6, 6.07) is 11.8. The Morgan fingerprint density at radius 3 is 2.53 bits per heavy atom. The van der Waals surface area contributed by atoms with Gasteiger partial charge in [-0.15, -0.1) is 0 Å². The van der Waals surface area contributed by atoms with Crippen LogP contribution in [0.4, 0.5) is 5.69 Å². The summed E-state index contributed by atoms with van der Waals surface area (Å²) in [6.07, 6.45) is 0. The molecule has 0 saturated carbocycles. The number of rotatable bonds is 3. The zero-order chi connectivity index (χ0) is 14.0. The first kappa shape index (κ1) is 13.9. The average Bonchev–Trinajstić information content (AvgIpc) is 2.35. The van der Waals surface area contributed by atoms with Gasteiger partial charge in [0, 0.05) is 4.47 Å². The van der Waals surface area contributed by atoms with Crippen molar-refractivity contribution < 1.29 is 4.74 Å². The molecule has 0 unspecified atom stereocenters. The molecular weight excluding hydrogens is 302 g/mol. The number of halogens is 1. The molecule has 0 fully saturated rings. The van der Waals surface area contributed by atoms with E-state index in [4.69, 9.17) is 10.5 Å². The van der Waals surface area contributed by atoms with Crippen molar-refractivity contribution in [2.45, 2.75) is 26.7 Å². The van der Waals surface area contributed by atoms with E-state index in [2.05, 4.69) is 35.8 Å². The predicted molar refractivity (Wildman–Crippen MR) is 83.9 cm³/mol. The molecule has 100 valence electrons. The van der Waals surface area contributed by atoms with Crippen LogP contribution in [0.25, 0.3) is 0 Å². The number of hydrogen-bond acceptors (Lipinski definition) is 2. The van der Waals surface area contributed by atoms with E-state index in [0.717, 1.165) is 27.1 Å². The second-order valence-electron chi connectivity index (χ2n) is 4.93. The molecule has 2 aromatic carbocycles. The fourth-order valence-electron chi connectivity index (χ4n) is 1.99. The van der Waals surface area contributed by atoms with Crippen molar-refractivity contribution >= 4 is 21.6 Å². The maximum Gasteiger partial charge on any atom is 0.153 e. The van der Waals surface area contributed by atoms with Gasteiger partial charge in [0.2, 0.25) is 0 Å². The zero-order valence-electron chi connectivity index (χ0n) is 11.4. The van der Waals surface area contributed by atoms with Crippen LogP contribution >= 0.6 is 15.9 Å². The highest BCUT2D eigenvalue weighted by Crippen LogP contribution is 2.36. The Bertz CT molecular complexity index is 573. The Kier molecular flexibility index (Phi) is 4.15. The molecule has 3 heteroatoms. The topological polar surface area (TPSA) is 35.2 Å². The molecule has 0 saturated heterocycles. The van der Waals surface area contributed by atoms with Crippen molar-refractivity contribution in [3.63, 3.8) is 0 Å². The summed E-state index contributed by atoms with van der Waals surface area (Å²) in [5.74, 6) is 1.99. The molecule has 2 N–H and O–H groups in total. The number of nitrogen functional groups attached to an aromatic ring is 1. The van der Waals surface area contributed by atoms with E-state index in [9.17, 15) is 0 Å². The minimum atomic E-state index is 0.387. The summed E-state index contributed by atoms with van der Waals surface area (Å²) in [7, 11) is 0. The van der Waals surface area contributed by atoms with Crippen molar-refractivity contribution in [2.24, 2.45) is 0 Å². The molecular formula is C16H18BrNO. The maximum atomic E-state index is 6.04. The minimum Gasteiger partial charge on any atom is -0.455 e. The number of ether oxygens (including phenoxy) is 1. The van der Waals surface area contributed by atoms with Crippen LogP contribution in [-0.2, 0) is 0 Å². The summed E-state index contributed by atoms with van der Waals surface area (Å²) >= 11 is 3.50. The number of benzene rings is 2. The highest BCUT2D eigenvalue weighted by Gasteiger charge is 2.12. The van der Waals surface area contributed by atoms with Crippen LogP contribution in [-0.4, -0.2) is 0 Å². The lowest BCUT2D eigenvalue weighted by Crippen LogP contribution is -1.98. The van der Waals surface area contributed by atoms with E-state index in [0.29, 0.717) is 11.6 Å². The lowest BCUT2D eigenvalue weighted by Gasteiger charge is -2.16. The molecule has 2 rings (SSSR count).